The van der Waals surface area contributed by atoms with Gasteiger partial charge in [0, 0.05) is 17.8 Å². The standard InChI is InChI=1S/C26H21F3N4O4/c1-17-8-9-24(23(10-17)33(35)36)37-16-19-5-2-6-20(11-19)25(34)31-22-13-30-32(15-22)14-18-4-3-7-21(12-18)26(27,28)29/h2-13,15H,14,16H2,1H3,(H,31,34). The van der Waals surface area contributed by atoms with Gasteiger partial charge < -0.3 is 10.1 Å². The average Bonchev–Trinajstić information content (AvgIpc) is 3.29. The number of hydrogen-bond acceptors (Lipinski definition) is 5. The number of nitrogens with zero attached hydrogens (tertiary/aromatic N) is 3. The van der Waals surface area contributed by atoms with Crippen LogP contribution in [0.15, 0.2) is 79.1 Å². The molecule has 0 aliphatic carbocycles. The molecule has 4 aromatic rings. The number of carbonyl (C=O) groups is 1. The molecule has 190 valence electrons. The van der Waals surface area contributed by atoms with E-state index in [0.29, 0.717) is 22.4 Å². The van der Waals surface area contributed by atoms with Crippen LogP contribution >= 0.6 is 0 Å². The number of benzene rings is 3. The van der Waals surface area contributed by atoms with Crippen LogP contribution in [-0.4, -0.2) is 20.6 Å². The molecule has 37 heavy (non-hydrogen) atoms. The summed E-state index contributed by atoms with van der Waals surface area (Å²) in [5.41, 5.74) is 1.58. The Morgan fingerprint density at radius 2 is 1.84 bits per heavy atom. The summed E-state index contributed by atoms with van der Waals surface area (Å²) in [6.07, 6.45) is -1.52. The third-order valence-electron chi connectivity index (χ3n) is 5.38. The Hall–Kier alpha value is -4.67. The van der Waals surface area contributed by atoms with Crippen LogP contribution in [-0.2, 0) is 19.3 Å². The second kappa shape index (κ2) is 10.5. The third-order valence-corrected chi connectivity index (χ3v) is 5.38. The molecule has 1 heterocycles. The predicted octanol–water partition coefficient (Wildman–Crippen LogP) is 6.00. The van der Waals surface area contributed by atoms with Crippen LogP contribution in [0.3, 0.4) is 0 Å². The fourth-order valence-electron chi connectivity index (χ4n) is 3.61. The summed E-state index contributed by atoms with van der Waals surface area (Å²) in [5.74, 6) is -0.305. The van der Waals surface area contributed by atoms with Gasteiger partial charge in [0.25, 0.3) is 5.91 Å². The Balaban J connectivity index is 1.40. The number of hydrogen-bond donors (Lipinski definition) is 1. The summed E-state index contributed by atoms with van der Waals surface area (Å²) < 4.78 is 45.9. The first kappa shape index (κ1) is 25.4. The van der Waals surface area contributed by atoms with E-state index >= 15 is 0 Å². The van der Waals surface area contributed by atoms with Crippen molar-refractivity contribution in [2.45, 2.75) is 26.3 Å². The molecule has 0 saturated heterocycles. The summed E-state index contributed by atoms with van der Waals surface area (Å²) in [6, 6.07) is 16.2. The Labute approximate surface area is 209 Å². The molecule has 0 spiro atoms. The van der Waals surface area contributed by atoms with E-state index in [1.54, 1.807) is 43.3 Å². The average molecular weight is 510 g/mol. The molecule has 0 saturated carbocycles. The van der Waals surface area contributed by atoms with Gasteiger partial charge in [-0.25, -0.2) is 0 Å². The van der Waals surface area contributed by atoms with E-state index < -0.39 is 22.6 Å². The van der Waals surface area contributed by atoms with Crippen molar-refractivity contribution in [3.8, 4) is 5.75 Å². The molecule has 1 N–H and O–H groups in total. The zero-order chi connectivity index (χ0) is 26.6. The number of ether oxygens (including phenoxy) is 1. The Morgan fingerprint density at radius 1 is 1.08 bits per heavy atom. The molecule has 0 radical (unpaired) electrons. The van der Waals surface area contributed by atoms with Crippen LogP contribution in [0.1, 0.15) is 32.6 Å². The lowest BCUT2D eigenvalue weighted by Gasteiger charge is -2.09. The highest BCUT2D eigenvalue weighted by atomic mass is 19.4. The minimum Gasteiger partial charge on any atom is -0.482 e. The molecule has 0 fully saturated rings. The van der Waals surface area contributed by atoms with E-state index in [2.05, 4.69) is 10.4 Å². The molecule has 1 aromatic heterocycles. The quantitative estimate of drug-likeness (QED) is 0.232. The maximum absolute atomic E-state index is 12.9. The number of carbonyl (C=O) groups excluding carboxylic acids is 1. The highest BCUT2D eigenvalue weighted by Crippen LogP contribution is 2.30. The highest BCUT2D eigenvalue weighted by molar-refractivity contribution is 6.04. The third kappa shape index (κ3) is 6.51. The van der Waals surface area contributed by atoms with E-state index in [0.717, 1.165) is 17.7 Å². The van der Waals surface area contributed by atoms with Crippen molar-refractivity contribution in [1.29, 1.82) is 0 Å². The fraction of sp³-hybridized carbons (Fsp3) is 0.154. The minimum absolute atomic E-state index is 0.0138. The first-order chi connectivity index (χ1) is 17.6. The number of anilines is 1. The summed E-state index contributed by atoms with van der Waals surface area (Å²) in [4.78, 5) is 23.5. The first-order valence-electron chi connectivity index (χ1n) is 11.1. The minimum atomic E-state index is -4.44. The van der Waals surface area contributed by atoms with Gasteiger partial charge in [-0.05, 0) is 53.9 Å². The molecule has 3 aromatic carbocycles. The lowest BCUT2D eigenvalue weighted by Crippen LogP contribution is -2.12. The molecule has 1 amide bonds. The molecular formula is C26H21F3N4O4. The molecular weight excluding hydrogens is 489 g/mol. The number of halogens is 3. The van der Waals surface area contributed by atoms with Crippen LogP contribution in [0, 0.1) is 17.0 Å². The maximum atomic E-state index is 12.9. The van der Waals surface area contributed by atoms with Gasteiger partial charge in [-0.3, -0.25) is 19.6 Å². The van der Waals surface area contributed by atoms with Crippen molar-refractivity contribution >= 4 is 17.3 Å². The predicted molar refractivity (Wildman–Crippen MR) is 129 cm³/mol. The Morgan fingerprint density at radius 3 is 2.59 bits per heavy atom. The molecule has 8 nitrogen and oxygen atoms in total. The second-order valence-electron chi connectivity index (χ2n) is 8.30. The van der Waals surface area contributed by atoms with E-state index in [-0.39, 0.29) is 24.6 Å². The lowest BCUT2D eigenvalue weighted by molar-refractivity contribution is -0.386. The van der Waals surface area contributed by atoms with Gasteiger partial charge in [0.1, 0.15) is 6.61 Å². The molecule has 0 unspecified atom stereocenters. The molecule has 0 atom stereocenters. The number of rotatable bonds is 8. The first-order valence-corrected chi connectivity index (χ1v) is 11.1. The van der Waals surface area contributed by atoms with Crippen LogP contribution in [0.4, 0.5) is 24.5 Å². The van der Waals surface area contributed by atoms with Crippen LogP contribution < -0.4 is 10.1 Å². The summed E-state index contributed by atoms with van der Waals surface area (Å²) in [7, 11) is 0. The zero-order valence-electron chi connectivity index (χ0n) is 19.5. The van der Waals surface area contributed by atoms with E-state index in [1.807, 2.05) is 0 Å². The molecule has 0 bridgehead atoms. The van der Waals surface area contributed by atoms with Crippen molar-refractivity contribution in [2.24, 2.45) is 0 Å². The van der Waals surface area contributed by atoms with Crippen LogP contribution in [0.2, 0.25) is 0 Å². The molecule has 0 aliphatic rings. The largest absolute Gasteiger partial charge is 0.482 e. The highest BCUT2D eigenvalue weighted by Gasteiger charge is 2.30. The monoisotopic (exact) mass is 510 g/mol. The molecule has 11 heteroatoms. The van der Waals surface area contributed by atoms with Crippen molar-refractivity contribution in [3.05, 3.63) is 117 Å². The van der Waals surface area contributed by atoms with Gasteiger partial charge in [0.2, 0.25) is 0 Å². The van der Waals surface area contributed by atoms with Gasteiger partial charge in [-0.15, -0.1) is 0 Å². The van der Waals surface area contributed by atoms with E-state index in [1.165, 1.54) is 35.3 Å². The number of alkyl halides is 3. The van der Waals surface area contributed by atoms with E-state index in [9.17, 15) is 28.1 Å². The number of aromatic nitrogens is 2. The zero-order valence-corrected chi connectivity index (χ0v) is 19.5. The molecule has 4 rings (SSSR count). The van der Waals surface area contributed by atoms with Crippen molar-refractivity contribution < 1.29 is 27.6 Å². The Kier molecular flexibility index (Phi) is 7.23. The van der Waals surface area contributed by atoms with Gasteiger partial charge >= 0.3 is 11.9 Å². The van der Waals surface area contributed by atoms with E-state index in [4.69, 9.17) is 4.74 Å². The van der Waals surface area contributed by atoms with Gasteiger partial charge in [0.15, 0.2) is 5.75 Å². The van der Waals surface area contributed by atoms with Gasteiger partial charge in [-0.2, -0.15) is 18.3 Å². The fourth-order valence-corrected chi connectivity index (χ4v) is 3.61. The number of aryl methyl sites for hydroxylation is 1. The number of nitrogens with one attached hydrogen (secondary N) is 1. The Bertz CT molecular complexity index is 1450. The number of nitro groups is 1. The molecule has 0 aliphatic heterocycles. The SMILES string of the molecule is Cc1ccc(OCc2cccc(C(=O)Nc3cnn(Cc4cccc(C(F)(F)F)c4)c3)c2)c([N+](=O)[O-])c1. The summed E-state index contributed by atoms with van der Waals surface area (Å²) >= 11 is 0. The number of nitro benzene ring substituents is 1. The summed E-state index contributed by atoms with van der Waals surface area (Å²) in [5, 5.41) is 18.1. The van der Waals surface area contributed by atoms with Gasteiger partial charge in [0.05, 0.1) is 28.9 Å². The maximum Gasteiger partial charge on any atom is 0.416 e. The van der Waals surface area contributed by atoms with Crippen LogP contribution in [0.25, 0.3) is 0 Å². The normalized spacial score (nSPS) is 11.2. The summed E-state index contributed by atoms with van der Waals surface area (Å²) in [6.45, 7) is 1.85. The van der Waals surface area contributed by atoms with Gasteiger partial charge in [-0.1, -0.05) is 30.3 Å². The second-order valence-corrected chi connectivity index (χ2v) is 8.30. The topological polar surface area (TPSA) is 99.3 Å². The van der Waals surface area contributed by atoms with Crippen LogP contribution in [0.5, 0.6) is 5.75 Å². The smallest absolute Gasteiger partial charge is 0.416 e. The van der Waals surface area contributed by atoms with Crippen molar-refractivity contribution in [2.75, 3.05) is 5.32 Å². The van der Waals surface area contributed by atoms with Crippen molar-refractivity contribution in [1.82, 2.24) is 9.78 Å². The van der Waals surface area contributed by atoms with Crippen molar-refractivity contribution in [3.63, 3.8) is 0 Å². The lowest BCUT2D eigenvalue weighted by atomic mass is 10.1. The number of amides is 1.